The van der Waals surface area contributed by atoms with E-state index in [1.165, 1.54) is 28.3 Å². The van der Waals surface area contributed by atoms with E-state index in [0.717, 1.165) is 38.0 Å². The first-order valence-corrected chi connectivity index (χ1v) is 11.2. The zero-order valence-electron chi connectivity index (χ0n) is 18.3. The van der Waals surface area contributed by atoms with Crippen LogP contribution in [0.25, 0.3) is 17.0 Å². The lowest BCUT2D eigenvalue weighted by Crippen LogP contribution is -2.23. The molecule has 10 heteroatoms. The number of hydrogen-bond donors (Lipinski definition) is 2. The van der Waals surface area contributed by atoms with Crippen molar-refractivity contribution in [3.8, 4) is 6.01 Å². The second-order valence-corrected chi connectivity index (χ2v) is 8.73. The van der Waals surface area contributed by atoms with Crippen LogP contribution in [0.15, 0.2) is 39.9 Å². The Balaban J connectivity index is 1.41. The van der Waals surface area contributed by atoms with Gasteiger partial charge in [-0.3, -0.25) is 9.18 Å². The minimum atomic E-state index is -0.550. The van der Waals surface area contributed by atoms with Gasteiger partial charge >= 0.3 is 6.01 Å². The van der Waals surface area contributed by atoms with Crippen LogP contribution < -0.4 is 16.2 Å². The highest BCUT2D eigenvalue weighted by Crippen LogP contribution is 2.48. The molecule has 0 atom stereocenters. The summed E-state index contributed by atoms with van der Waals surface area (Å²) in [6.07, 6.45) is 5.47. The molecule has 1 aromatic carbocycles. The number of hydrogen-bond acceptors (Lipinski definition) is 7. The van der Waals surface area contributed by atoms with Crippen molar-refractivity contribution in [3.63, 3.8) is 0 Å². The van der Waals surface area contributed by atoms with Gasteiger partial charge in [0.05, 0.1) is 5.69 Å². The highest BCUT2D eigenvalue weighted by Gasteiger charge is 2.47. The number of rotatable bonds is 6. The first-order chi connectivity index (χ1) is 16.1. The second-order valence-electron chi connectivity index (χ2n) is 8.73. The molecule has 0 unspecified atom stereocenters. The number of fused-ring (bicyclic) bond motifs is 2. The maximum Gasteiger partial charge on any atom is 0.323 e. The van der Waals surface area contributed by atoms with E-state index in [9.17, 15) is 9.18 Å². The predicted molar refractivity (Wildman–Crippen MR) is 121 cm³/mol. The summed E-state index contributed by atoms with van der Waals surface area (Å²) in [4.78, 5) is 26.5. The predicted octanol–water partition coefficient (Wildman–Crippen LogP) is 2.98. The zero-order valence-corrected chi connectivity index (χ0v) is 18.3. The molecule has 4 aromatic rings. The SMILES string of the molecule is CCn1c(=O)c2cnc(Nc3ccc4c(c3)CCNC4)nc2n1-c1nc(C2(CF)CC2)co1. The minimum Gasteiger partial charge on any atom is -0.430 e. The van der Waals surface area contributed by atoms with Gasteiger partial charge in [0.2, 0.25) is 5.95 Å². The summed E-state index contributed by atoms with van der Waals surface area (Å²) in [6, 6.07) is 6.40. The standard InChI is InChI=1S/C23H24FN7O2/c1-2-30-20(32)17-11-26-21(27-16-4-3-15-10-25-8-5-14(15)9-16)29-19(17)31(30)22-28-18(12-33-22)23(13-24)6-7-23/h3-4,9,11-12,25H,2,5-8,10,13H2,1H3,(H,26,27,29). The summed E-state index contributed by atoms with van der Waals surface area (Å²) in [5, 5.41) is 6.99. The van der Waals surface area contributed by atoms with Crippen LogP contribution in [0, 0.1) is 0 Å². The third-order valence-corrected chi connectivity index (χ3v) is 6.65. The molecule has 3 aromatic heterocycles. The van der Waals surface area contributed by atoms with Crippen molar-refractivity contribution in [1.29, 1.82) is 0 Å². The number of benzene rings is 1. The highest BCUT2D eigenvalue weighted by atomic mass is 19.1. The van der Waals surface area contributed by atoms with Gasteiger partial charge in [-0.1, -0.05) is 6.07 Å². The van der Waals surface area contributed by atoms with E-state index >= 15 is 0 Å². The number of nitrogens with zero attached hydrogens (tertiary/aromatic N) is 5. The number of alkyl halides is 1. The van der Waals surface area contributed by atoms with Gasteiger partial charge in [-0.2, -0.15) is 14.6 Å². The lowest BCUT2D eigenvalue weighted by atomic mass is 10.0. The highest BCUT2D eigenvalue weighted by molar-refractivity contribution is 5.76. The monoisotopic (exact) mass is 449 g/mol. The summed E-state index contributed by atoms with van der Waals surface area (Å²) in [6.45, 7) is 3.61. The number of anilines is 2. The normalized spacial score (nSPS) is 16.7. The Morgan fingerprint density at radius 2 is 2.15 bits per heavy atom. The topological polar surface area (TPSA) is 103 Å². The Bertz CT molecular complexity index is 1420. The summed E-state index contributed by atoms with van der Waals surface area (Å²) in [5.41, 5.74) is 3.66. The molecule has 0 saturated heterocycles. The van der Waals surface area contributed by atoms with Gasteiger partial charge in [0.15, 0.2) is 5.65 Å². The fourth-order valence-electron chi connectivity index (χ4n) is 4.47. The van der Waals surface area contributed by atoms with E-state index in [1.807, 2.05) is 13.0 Å². The second kappa shape index (κ2) is 7.51. The smallest absolute Gasteiger partial charge is 0.323 e. The molecule has 9 nitrogen and oxygen atoms in total. The first kappa shape index (κ1) is 20.1. The summed E-state index contributed by atoms with van der Waals surface area (Å²) < 4.78 is 22.3. The molecule has 170 valence electrons. The molecule has 0 radical (unpaired) electrons. The molecule has 0 spiro atoms. The van der Waals surface area contributed by atoms with Crippen LogP contribution >= 0.6 is 0 Å². The number of oxazole rings is 1. The largest absolute Gasteiger partial charge is 0.430 e. The molecule has 1 saturated carbocycles. The number of nitrogens with one attached hydrogen (secondary N) is 2. The molecule has 2 N–H and O–H groups in total. The maximum absolute atomic E-state index is 13.5. The van der Waals surface area contributed by atoms with Gasteiger partial charge in [-0.15, -0.1) is 0 Å². The molecule has 6 rings (SSSR count). The Morgan fingerprint density at radius 1 is 1.27 bits per heavy atom. The molecular formula is C23H24FN7O2. The van der Waals surface area contributed by atoms with E-state index in [2.05, 4.69) is 37.7 Å². The molecule has 33 heavy (non-hydrogen) atoms. The van der Waals surface area contributed by atoms with Crippen molar-refractivity contribution in [2.75, 3.05) is 18.5 Å². The van der Waals surface area contributed by atoms with Crippen LogP contribution in [-0.2, 0) is 24.9 Å². The Hall–Kier alpha value is -3.53. The van der Waals surface area contributed by atoms with Crippen LogP contribution in [0.1, 0.15) is 36.6 Å². The van der Waals surface area contributed by atoms with E-state index in [4.69, 9.17) is 4.42 Å². The molecule has 1 aliphatic heterocycles. The van der Waals surface area contributed by atoms with Gasteiger partial charge in [0.25, 0.3) is 5.56 Å². The molecule has 0 amide bonds. The van der Waals surface area contributed by atoms with E-state index < -0.39 is 12.1 Å². The third kappa shape index (κ3) is 3.24. The molecular weight excluding hydrogens is 425 g/mol. The Kier molecular flexibility index (Phi) is 4.58. The van der Waals surface area contributed by atoms with Crippen molar-refractivity contribution in [2.24, 2.45) is 0 Å². The fraction of sp³-hybridized carbons (Fsp3) is 0.391. The average molecular weight is 449 g/mol. The van der Waals surface area contributed by atoms with E-state index in [-0.39, 0.29) is 11.6 Å². The molecule has 1 fully saturated rings. The minimum absolute atomic E-state index is 0.199. The maximum atomic E-state index is 13.5. The number of halogens is 1. The van der Waals surface area contributed by atoms with Crippen LogP contribution in [0.3, 0.4) is 0 Å². The third-order valence-electron chi connectivity index (χ3n) is 6.65. The average Bonchev–Trinajstić information content (AvgIpc) is 3.40. The molecule has 4 heterocycles. The van der Waals surface area contributed by atoms with Crippen LogP contribution in [0.5, 0.6) is 0 Å². The van der Waals surface area contributed by atoms with E-state index in [1.54, 1.807) is 4.68 Å². The number of aromatic nitrogens is 5. The van der Waals surface area contributed by atoms with Crippen LogP contribution in [0.4, 0.5) is 16.0 Å². The quantitative estimate of drug-likeness (QED) is 0.466. The van der Waals surface area contributed by atoms with Gasteiger partial charge < -0.3 is 15.1 Å². The lowest BCUT2D eigenvalue weighted by Gasteiger charge is -2.18. The van der Waals surface area contributed by atoms with Gasteiger partial charge in [0, 0.05) is 30.4 Å². The van der Waals surface area contributed by atoms with Crippen LogP contribution in [-0.4, -0.2) is 37.5 Å². The molecule has 0 bridgehead atoms. The van der Waals surface area contributed by atoms with Crippen molar-refractivity contribution in [3.05, 3.63) is 57.8 Å². The molecule has 2 aliphatic rings. The summed E-state index contributed by atoms with van der Waals surface area (Å²) in [5.74, 6) is 0.368. The first-order valence-electron chi connectivity index (χ1n) is 11.2. The molecule has 1 aliphatic carbocycles. The van der Waals surface area contributed by atoms with Gasteiger partial charge in [-0.05, 0) is 56.0 Å². The summed E-state index contributed by atoms with van der Waals surface area (Å²) >= 11 is 0. The van der Waals surface area contributed by atoms with Crippen molar-refractivity contribution >= 4 is 22.7 Å². The zero-order chi connectivity index (χ0) is 22.6. The van der Waals surface area contributed by atoms with Gasteiger partial charge in [0.1, 0.15) is 18.3 Å². The van der Waals surface area contributed by atoms with Crippen molar-refractivity contribution < 1.29 is 8.81 Å². The van der Waals surface area contributed by atoms with Crippen molar-refractivity contribution in [2.45, 2.75) is 44.7 Å². The Morgan fingerprint density at radius 3 is 2.94 bits per heavy atom. The summed E-state index contributed by atoms with van der Waals surface area (Å²) in [7, 11) is 0. The lowest BCUT2D eigenvalue weighted by molar-refractivity contribution is 0.411. The van der Waals surface area contributed by atoms with E-state index in [0.29, 0.717) is 29.2 Å². The van der Waals surface area contributed by atoms with Crippen LogP contribution in [0.2, 0.25) is 0 Å². The van der Waals surface area contributed by atoms with Crippen molar-refractivity contribution in [1.82, 2.24) is 29.6 Å². The Labute approximate surface area is 188 Å². The fourth-order valence-corrected chi connectivity index (χ4v) is 4.47. The van der Waals surface area contributed by atoms with Gasteiger partial charge in [-0.25, -0.2) is 9.67 Å².